The first-order valence-electron chi connectivity index (χ1n) is 4.85. The van der Waals surface area contributed by atoms with Crippen molar-refractivity contribution in [1.82, 2.24) is 4.90 Å². The topological polar surface area (TPSA) is 101 Å². The highest BCUT2D eigenvalue weighted by atomic mass is 16.3. The average molecular weight is 214 g/mol. The van der Waals surface area contributed by atoms with E-state index in [1.54, 1.807) is 0 Å². The number of aliphatic hydroxyl groups is 1. The number of nitrogens with zero attached hydrogens (tertiary/aromatic N) is 1. The number of likely N-dealkylation sites (tertiary alicyclic amines) is 1. The van der Waals surface area contributed by atoms with E-state index in [0.29, 0.717) is 17.9 Å². The van der Waals surface area contributed by atoms with Crippen molar-refractivity contribution < 1.29 is 19.5 Å². The molecule has 6 nitrogen and oxygen atoms in total. The SMILES string of the molecule is NCCCC(O)C(=O)N1C(=O)CCC1=O. The largest absolute Gasteiger partial charge is 0.383 e. The Morgan fingerprint density at radius 3 is 2.40 bits per heavy atom. The lowest BCUT2D eigenvalue weighted by atomic mass is 10.2. The molecule has 6 heteroatoms. The second-order valence-corrected chi connectivity index (χ2v) is 3.41. The standard InChI is InChI=1S/C9H14N2O4/c10-5-1-2-6(12)9(15)11-7(13)3-4-8(11)14/h6,12H,1-5,10H2. The molecule has 1 heterocycles. The lowest BCUT2D eigenvalue weighted by Crippen LogP contribution is -2.42. The number of amides is 3. The summed E-state index contributed by atoms with van der Waals surface area (Å²) >= 11 is 0. The summed E-state index contributed by atoms with van der Waals surface area (Å²) in [6.07, 6.45) is -0.558. The monoisotopic (exact) mass is 214 g/mol. The fourth-order valence-electron chi connectivity index (χ4n) is 1.41. The van der Waals surface area contributed by atoms with Gasteiger partial charge in [-0.2, -0.15) is 0 Å². The third-order valence-electron chi connectivity index (χ3n) is 2.24. The summed E-state index contributed by atoms with van der Waals surface area (Å²) in [6.45, 7) is 0.353. The number of imide groups is 3. The predicted octanol–water partition coefficient (Wildman–Crippen LogP) is -1.24. The number of carbonyl (C=O) groups excluding carboxylic acids is 3. The van der Waals surface area contributed by atoms with Crippen molar-refractivity contribution in [2.24, 2.45) is 5.73 Å². The summed E-state index contributed by atoms with van der Waals surface area (Å²) in [4.78, 5) is 34.3. The third-order valence-corrected chi connectivity index (χ3v) is 2.24. The van der Waals surface area contributed by atoms with Gasteiger partial charge >= 0.3 is 0 Å². The van der Waals surface area contributed by atoms with Crippen LogP contribution >= 0.6 is 0 Å². The van der Waals surface area contributed by atoms with Crippen LogP contribution in [0, 0.1) is 0 Å². The van der Waals surface area contributed by atoms with E-state index >= 15 is 0 Å². The molecule has 0 radical (unpaired) electrons. The van der Waals surface area contributed by atoms with Gasteiger partial charge in [-0.05, 0) is 19.4 Å². The smallest absolute Gasteiger partial charge is 0.264 e. The molecule has 1 aliphatic rings. The lowest BCUT2D eigenvalue weighted by molar-refractivity contribution is -0.154. The van der Waals surface area contributed by atoms with Gasteiger partial charge < -0.3 is 10.8 Å². The molecule has 0 aliphatic carbocycles. The van der Waals surface area contributed by atoms with Crippen LogP contribution in [0.1, 0.15) is 25.7 Å². The minimum atomic E-state index is -1.31. The van der Waals surface area contributed by atoms with Crippen LogP contribution in [0.3, 0.4) is 0 Å². The Kier molecular flexibility index (Phi) is 3.93. The zero-order chi connectivity index (χ0) is 11.4. The van der Waals surface area contributed by atoms with Gasteiger partial charge in [0.1, 0.15) is 6.10 Å². The highest BCUT2D eigenvalue weighted by molar-refractivity contribution is 6.15. The van der Waals surface area contributed by atoms with Gasteiger partial charge in [0, 0.05) is 12.8 Å². The molecule has 3 amide bonds. The molecule has 0 bridgehead atoms. The van der Waals surface area contributed by atoms with E-state index in [0.717, 1.165) is 0 Å². The fourth-order valence-corrected chi connectivity index (χ4v) is 1.41. The first kappa shape index (κ1) is 11.8. The van der Waals surface area contributed by atoms with Crippen LogP contribution < -0.4 is 5.73 Å². The van der Waals surface area contributed by atoms with E-state index in [1.165, 1.54) is 0 Å². The summed E-state index contributed by atoms with van der Waals surface area (Å²) in [6, 6.07) is 0. The van der Waals surface area contributed by atoms with Gasteiger partial charge in [0.2, 0.25) is 11.8 Å². The second-order valence-electron chi connectivity index (χ2n) is 3.41. The van der Waals surface area contributed by atoms with E-state index in [1.807, 2.05) is 0 Å². The first-order valence-corrected chi connectivity index (χ1v) is 4.85. The van der Waals surface area contributed by atoms with Crippen LogP contribution in [0.5, 0.6) is 0 Å². The van der Waals surface area contributed by atoms with Crippen LogP contribution in [-0.2, 0) is 14.4 Å². The van der Waals surface area contributed by atoms with Crippen molar-refractivity contribution in [3.05, 3.63) is 0 Å². The number of rotatable bonds is 4. The number of carbonyl (C=O) groups is 3. The van der Waals surface area contributed by atoms with Gasteiger partial charge in [0.05, 0.1) is 0 Å². The molecular formula is C9H14N2O4. The van der Waals surface area contributed by atoms with Crippen LogP contribution in [0.15, 0.2) is 0 Å². The number of hydrogen-bond donors (Lipinski definition) is 2. The summed E-state index contributed by atoms with van der Waals surface area (Å²) in [5.74, 6) is -1.88. The van der Waals surface area contributed by atoms with Gasteiger partial charge in [0.15, 0.2) is 0 Å². The third kappa shape index (κ3) is 2.60. The van der Waals surface area contributed by atoms with Crippen molar-refractivity contribution in [3.8, 4) is 0 Å². The maximum absolute atomic E-state index is 11.5. The molecule has 1 aliphatic heterocycles. The Labute approximate surface area is 87.0 Å². The Balaban J connectivity index is 2.59. The molecule has 3 N–H and O–H groups in total. The van der Waals surface area contributed by atoms with Crippen LogP contribution in [0.4, 0.5) is 0 Å². The van der Waals surface area contributed by atoms with E-state index in [2.05, 4.69) is 0 Å². The molecule has 0 saturated carbocycles. The minimum Gasteiger partial charge on any atom is -0.383 e. The lowest BCUT2D eigenvalue weighted by Gasteiger charge is -2.15. The van der Waals surface area contributed by atoms with Crippen LogP contribution in [-0.4, -0.2) is 40.4 Å². The number of hydrogen-bond acceptors (Lipinski definition) is 5. The normalized spacial score (nSPS) is 18.4. The molecular weight excluding hydrogens is 200 g/mol. The maximum atomic E-state index is 11.5. The summed E-state index contributed by atoms with van der Waals surface area (Å²) < 4.78 is 0. The van der Waals surface area contributed by atoms with Crippen LogP contribution in [0.25, 0.3) is 0 Å². The average Bonchev–Trinajstić information content (AvgIpc) is 2.54. The molecule has 0 aromatic heterocycles. The van der Waals surface area contributed by atoms with E-state index in [9.17, 15) is 19.5 Å². The molecule has 0 aromatic carbocycles. The summed E-state index contributed by atoms with van der Waals surface area (Å²) in [7, 11) is 0. The van der Waals surface area contributed by atoms with Gasteiger partial charge in [-0.3, -0.25) is 14.4 Å². The molecule has 0 aromatic rings. The molecule has 1 saturated heterocycles. The van der Waals surface area contributed by atoms with E-state index in [-0.39, 0.29) is 19.3 Å². The Morgan fingerprint density at radius 2 is 1.93 bits per heavy atom. The van der Waals surface area contributed by atoms with Crippen molar-refractivity contribution in [2.75, 3.05) is 6.54 Å². The molecule has 1 unspecified atom stereocenters. The highest BCUT2D eigenvalue weighted by Crippen LogP contribution is 2.14. The Bertz CT molecular complexity index is 274. The van der Waals surface area contributed by atoms with Crippen molar-refractivity contribution in [3.63, 3.8) is 0 Å². The molecule has 0 spiro atoms. The van der Waals surface area contributed by atoms with Crippen molar-refractivity contribution in [1.29, 1.82) is 0 Å². The quantitative estimate of drug-likeness (QED) is 0.570. The zero-order valence-corrected chi connectivity index (χ0v) is 8.31. The molecule has 84 valence electrons. The van der Waals surface area contributed by atoms with Gasteiger partial charge in [0.25, 0.3) is 5.91 Å². The van der Waals surface area contributed by atoms with Gasteiger partial charge in [-0.25, -0.2) is 4.90 Å². The number of aliphatic hydroxyl groups excluding tert-OH is 1. The summed E-state index contributed by atoms with van der Waals surface area (Å²) in [5, 5.41) is 9.39. The van der Waals surface area contributed by atoms with E-state index < -0.39 is 23.8 Å². The van der Waals surface area contributed by atoms with Gasteiger partial charge in [-0.15, -0.1) is 0 Å². The molecule has 15 heavy (non-hydrogen) atoms. The second kappa shape index (κ2) is 4.99. The molecule has 1 atom stereocenters. The predicted molar refractivity (Wildman–Crippen MR) is 50.4 cm³/mol. The maximum Gasteiger partial charge on any atom is 0.264 e. The van der Waals surface area contributed by atoms with Crippen molar-refractivity contribution in [2.45, 2.75) is 31.8 Å². The summed E-state index contributed by atoms with van der Waals surface area (Å²) in [5.41, 5.74) is 5.22. The zero-order valence-electron chi connectivity index (χ0n) is 8.31. The van der Waals surface area contributed by atoms with Gasteiger partial charge in [-0.1, -0.05) is 0 Å². The van der Waals surface area contributed by atoms with E-state index in [4.69, 9.17) is 5.73 Å². The van der Waals surface area contributed by atoms with Crippen molar-refractivity contribution >= 4 is 17.7 Å². The molecule has 1 fully saturated rings. The first-order chi connectivity index (χ1) is 7.07. The number of nitrogens with two attached hydrogens (primary N) is 1. The Morgan fingerprint density at radius 1 is 1.40 bits per heavy atom. The van der Waals surface area contributed by atoms with Crippen LogP contribution in [0.2, 0.25) is 0 Å². The Hall–Kier alpha value is -1.27. The fraction of sp³-hybridized carbons (Fsp3) is 0.667. The highest BCUT2D eigenvalue weighted by Gasteiger charge is 2.37. The molecule has 1 rings (SSSR count). The minimum absolute atomic E-state index is 0.0498.